The molecule has 108 valence electrons. The SMILES string of the molecule is CC1=CCC2C(C)(CCC3C(C)(C)CCCC32C)O1. The molecule has 0 aromatic rings. The van der Waals surface area contributed by atoms with Crippen LogP contribution in [0.3, 0.4) is 0 Å². The van der Waals surface area contributed by atoms with Gasteiger partial charge in [0.25, 0.3) is 0 Å². The predicted octanol–water partition coefficient (Wildman–Crippen LogP) is 5.31. The summed E-state index contributed by atoms with van der Waals surface area (Å²) in [6.45, 7) is 12.1. The van der Waals surface area contributed by atoms with Crippen LogP contribution in [0.15, 0.2) is 11.8 Å². The number of ether oxygens (including phenoxy) is 1. The Morgan fingerprint density at radius 1 is 1.05 bits per heavy atom. The summed E-state index contributed by atoms with van der Waals surface area (Å²) in [5.74, 6) is 2.74. The van der Waals surface area contributed by atoms with Crippen LogP contribution in [0.4, 0.5) is 0 Å². The van der Waals surface area contributed by atoms with Gasteiger partial charge in [-0.1, -0.05) is 27.2 Å². The maximum atomic E-state index is 6.32. The minimum Gasteiger partial charge on any atom is -0.492 e. The molecule has 2 saturated carbocycles. The van der Waals surface area contributed by atoms with Gasteiger partial charge in [0.1, 0.15) is 5.60 Å². The van der Waals surface area contributed by atoms with Crippen LogP contribution in [0, 0.1) is 22.7 Å². The Kier molecular flexibility index (Phi) is 2.86. The standard InChI is InChI=1S/C18H30O/c1-13-7-8-15-17(4)11-6-10-16(2,3)14(17)9-12-18(15,5)19-13/h7,14-15H,6,8-12H2,1-5H3. The molecule has 0 bridgehead atoms. The van der Waals surface area contributed by atoms with E-state index >= 15 is 0 Å². The Labute approximate surface area is 118 Å². The van der Waals surface area contributed by atoms with E-state index in [2.05, 4.69) is 40.7 Å². The molecule has 2 fully saturated rings. The van der Waals surface area contributed by atoms with Gasteiger partial charge >= 0.3 is 0 Å². The molecule has 0 N–H and O–H groups in total. The highest BCUT2D eigenvalue weighted by atomic mass is 16.5. The van der Waals surface area contributed by atoms with E-state index in [1.807, 2.05) is 0 Å². The smallest absolute Gasteiger partial charge is 0.109 e. The Hall–Kier alpha value is -0.460. The number of hydrogen-bond acceptors (Lipinski definition) is 1. The molecule has 2 aliphatic carbocycles. The first-order valence-corrected chi connectivity index (χ1v) is 8.14. The van der Waals surface area contributed by atoms with Crippen LogP contribution in [-0.4, -0.2) is 5.60 Å². The highest BCUT2D eigenvalue weighted by molar-refractivity contribution is 5.13. The summed E-state index contributed by atoms with van der Waals surface area (Å²) in [6, 6.07) is 0. The van der Waals surface area contributed by atoms with Gasteiger partial charge < -0.3 is 4.74 Å². The zero-order valence-electron chi connectivity index (χ0n) is 13.4. The predicted molar refractivity (Wildman–Crippen MR) is 79.8 cm³/mol. The Balaban J connectivity index is 1.99. The molecule has 3 aliphatic rings. The molecule has 3 rings (SSSR count). The molecule has 0 aromatic heterocycles. The average Bonchev–Trinajstić information content (AvgIpc) is 2.25. The highest BCUT2D eigenvalue weighted by Crippen LogP contribution is 2.64. The van der Waals surface area contributed by atoms with Crippen molar-refractivity contribution in [3.63, 3.8) is 0 Å². The Morgan fingerprint density at radius 2 is 1.79 bits per heavy atom. The van der Waals surface area contributed by atoms with Crippen LogP contribution in [0.25, 0.3) is 0 Å². The van der Waals surface area contributed by atoms with Crippen LogP contribution >= 0.6 is 0 Å². The van der Waals surface area contributed by atoms with E-state index in [1.54, 1.807) is 0 Å². The van der Waals surface area contributed by atoms with Crippen molar-refractivity contribution in [2.45, 2.75) is 78.7 Å². The summed E-state index contributed by atoms with van der Waals surface area (Å²) < 4.78 is 6.32. The summed E-state index contributed by atoms with van der Waals surface area (Å²) in [5, 5.41) is 0. The van der Waals surface area contributed by atoms with Crippen molar-refractivity contribution in [1.82, 2.24) is 0 Å². The molecule has 4 unspecified atom stereocenters. The fourth-order valence-corrected chi connectivity index (χ4v) is 5.94. The lowest BCUT2D eigenvalue weighted by atomic mass is 9.45. The summed E-state index contributed by atoms with van der Waals surface area (Å²) >= 11 is 0. The van der Waals surface area contributed by atoms with Gasteiger partial charge in [0, 0.05) is 5.92 Å². The molecule has 0 saturated heterocycles. The molecule has 1 nitrogen and oxygen atoms in total. The molecule has 4 atom stereocenters. The van der Waals surface area contributed by atoms with Crippen molar-refractivity contribution < 1.29 is 4.74 Å². The van der Waals surface area contributed by atoms with Gasteiger partial charge in [-0.05, 0) is 68.8 Å². The van der Waals surface area contributed by atoms with E-state index in [0.717, 1.165) is 11.7 Å². The molecule has 1 heterocycles. The lowest BCUT2D eigenvalue weighted by molar-refractivity contribution is -0.181. The molecule has 0 radical (unpaired) electrons. The second kappa shape index (κ2) is 4.02. The summed E-state index contributed by atoms with van der Waals surface area (Å²) in [4.78, 5) is 0. The summed E-state index contributed by atoms with van der Waals surface area (Å²) in [7, 11) is 0. The van der Waals surface area contributed by atoms with Crippen molar-refractivity contribution in [2.24, 2.45) is 22.7 Å². The number of hydrogen-bond donors (Lipinski definition) is 0. The van der Waals surface area contributed by atoms with Crippen molar-refractivity contribution in [3.8, 4) is 0 Å². The van der Waals surface area contributed by atoms with Gasteiger partial charge in [-0.3, -0.25) is 0 Å². The quantitative estimate of drug-likeness (QED) is 0.574. The van der Waals surface area contributed by atoms with Gasteiger partial charge in [0.2, 0.25) is 0 Å². The third-order valence-corrected chi connectivity index (χ3v) is 6.77. The van der Waals surface area contributed by atoms with E-state index in [9.17, 15) is 0 Å². The molecule has 1 aliphatic heterocycles. The van der Waals surface area contributed by atoms with Crippen LogP contribution in [0.5, 0.6) is 0 Å². The van der Waals surface area contributed by atoms with Crippen LogP contribution in [0.2, 0.25) is 0 Å². The van der Waals surface area contributed by atoms with Crippen molar-refractivity contribution in [1.29, 1.82) is 0 Å². The Bertz CT molecular complexity index is 408. The second-order valence-electron chi connectivity index (χ2n) is 8.46. The van der Waals surface area contributed by atoms with Gasteiger partial charge in [-0.25, -0.2) is 0 Å². The normalized spacial score (nSPS) is 48.6. The monoisotopic (exact) mass is 262 g/mol. The number of rotatable bonds is 0. The third-order valence-electron chi connectivity index (χ3n) is 6.77. The van der Waals surface area contributed by atoms with Crippen LogP contribution < -0.4 is 0 Å². The third kappa shape index (κ3) is 1.87. The Morgan fingerprint density at radius 3 is 2.53 bits per heavy atom. The van der Waals surface area contributed by atoms with Gasteiger partial charge in [0.15, 0.2) is 0 Å². The van der Waals surface area contributed by atoms with Crippen molar-refractivity contribution >= 4 is 0 Å². The lowest BCUT2D eigenvalue weighted by Crippen LogP contribution is -2.58. The zero-order chi connectivity index (χ0) is 13.9. The number of allylic oxidation sites excluding steroid dienone is 2. The second-order valence-corrected chi connectivity index (χ2v) is 8.46. The van der Waals surface area contributed by atoms with E-state index in [4.69, 9.17) is 4.74 Å². The molecule has 1 heteroatoms. The first-order valence-electron chi connectivity index (χ1n) is 8.14. The molecular weight excluding hydrogens is 232 g/mol. The molecular formula is C18H30O. The summed E-state index contributed by atoms with van der Waals surface area (Å²) in [5.41, 5.74) is 1.09. The first kappa shape index (κ1) is 13.5. The minimum atomic E-state index is 0.0947. The van der Waals surface area contributed by atoms with E-state index in [0.29, 0.717) is 16.7 Å². The van der Waals surface area contributed by atoms with Gasteiger partial charge in [-0.15, -0.1) is 0 Å². The fraction of sp³-hybridized carbons (Fsp3) is 0.889. The molecule has 19 heavy (non-hydrogen) atoms. The molecule has 0 aromatic carbocycles. The van der Waals surface area contributed by atoms with Gasteiger partial charge in [-0.2, -0.15) is 0 Å². The fourth-order valence-electron chi connectivity index (χ4n) is 5.94. The average molecular weight is 262 g/mol. The van der Waals surface area contributed by atoms with Crippen LogP contribution in [0.1, 0.15) is 73.1 Å². The molecule has 0 amide bonds. The summed E-state index contributed by atoms with van der Waals surface area (Å²) in [6.07, 6.45) is 10.4. The van der Waals surface area contributed by atoms with Crippen LogP contribution in [-0.2, 0) is 4.74 Å². The van der Waals surface area contributed by atoms with E-state index in [1.165, 1.54) is 38.5 Å². The maximum absolute atomic E-state index is 6.32. The van der Waals surface area contributed by atoms with Crippen molar-refractivity contribution in [3.05, 3.63) is 11.8 Å². The largest absolute Gasteiger partial charge is 0.492 e. The maximum Gasteiger partial charge on any atom is 0.109 e. The lowest BCUT2D eigenvalue weighted by Gasteiger charge is -2.62. The zero-order valence-corrected chi connectivity index (χ0v) is 13.4. The van der Waals surface area contributed by atoms with E-state index < -0.39 is 0 Å². The topological polar surface area (TPSA) is 9.23 Å². The first-order chi connectivity index (χ1) is 8.78. The molecule has 0 spiro atoms. The van der Waals surface area contributed by atoms with E-state index in [-0.39, 0.29) is 5.60 Å². The number of fused-ring (bicyclic) bond motifs is 3. The van der Waals surface area contributed by atoms with Gasteiger partial charge in [0.05, 0.1) is 5.76 Å². The highest BCUT2D eigenvalue weighted by Gasteiger charge is 2.59. The van der Waals surface area contributed by atoms with Crippen molar-refractivity contribution in [2.75, 3.05) is 0 Å². The minimum absolute atomic E-state index is 0.0947.